The highest BCUT2D eigenvalue weighted by Crippen LogP contribution is 2.42. The number of furan rings is 1. The van der Waals surface area contributed by atoms with Gasteiger partial charge in [0.1, 0.15) is 17.7 Å². The zero-order chi connectivity index (χ0) is 31.8. The molecule has 0 aliphatic heterocycles. The fourth-order valence-corrected chi connectivity index (χ4v) is 7.05. The van der Waals surface area contributed by atoms with Crippen molar-refractivity contribution in [2.45, 2.75) is 0 Å². The molecule has 0 aliphatic rings. The molecular formula is C40H18N6O. The van der Waals surface area contributed by atoms with Crippen LogP contribution in [0.15, 0.2) is 114 Å². The molecule has 3 heterocycles. The summed E-state index contributed by atoms with van der Waals surface area (Å²) in [7, 11) is 0. The Morgan fingerprint density at radius 1 is 0.447 bits per heavy atom. The molecule has 0 radical (unpaired) electrons. The van der Waals surface area contributed by atoms with Crippen LogP contribution >= 0.6 is 0 Å². The molecule has 7 heteroatoms. The Kier molecular flexibility index (Phi) is 5.33. The fraction of sp³-hybridized carbons (Fsp3) is 0. The molecule has 0 N–H and O–H groups in total. The van der Waals surface area contributed by atoms with E-state index < -0.39 is 0 Å². The van der Waals surface area contributed by atoms with Gasteiger partial charge in [0.15, 0.2) is 11.2 Å². The van der Waals surface area contributed by atoms with Crippen LogP contribution in [0.4, 0.5) is 0 Å². The predicted molar refractivity (Wildman–Crippen MR) is 181 cm³/mol. The molecule has 0 saturated heterocycles. The molecule has 9 aromatic rings. The number of rotatable bonds is 2. The first-order chi connectivity index (χ1) is 23.1. The van der Waals surface area contributed by atoms with Crippen LogP contribution < -0.4 is 0 Å². The smallest absolute Gasteiger partial charge is 0.155 e. The number of hydrogen-bond acceptors (Lipinski definition) is 5. The molecule has 47 heavy (non-hydrogen) atoms. The van der Waals surface area contributed by atoms with Crippen LogP contribution in [0.2, 0.25) is 0 Å². The van der Waals surface area contributed by atoms with E-state index in [2.05, 4.69) is 51.6 Å². The van der Waals surface area contributed by atoms with Crippen molar-refractivity contribution < 1.29 is 4.42 Å². The summed E-state index contributed by atoms with van der Waals surface area (Å²) in [6.07, 6.45) is 0. The zero-order valence-electron chi connectivity index (χ0n) is 24.5. The second-order valence-electron chi connectivity index (χ2n) is 11.4. The largest absolute Gasteiger partial charge is 0.453 e. The molecule has 0 amide bonds. The van der Waals surface area contributed by atoms with Crippen molar-refractivity contribution in [3.8, 4) is 35.7 Å². The molecule has 0 saturated carbocycles. The zero-order valence-corrected chi connectivity index (χ0v) is 24.5. The monoisotopic (exact) mass is 598 g/mol. The van der Waals surface area contributed by atoms with E-state index in [4.69, 9.17) is 4.42 Å². The Morgan fingerprint density at radius 2 is 1.09 bits per heavy atom. The van der Waals surface area contributed by atoms with E-state index in [1.165, 1.54) is 0 Å². The number of nitrogens with zero attached hydrogens (tertiary/aromatic N) is 6. The Bertz CT molecular complexity index is 2950. The number of aromatic nitrogens is 2. The summed E-state index contributed by atoms with van der Waals surface area (Å²) in [4.78, 5) is 0. The van der Waals surface area contributed by atoms with Gasteiger partial charge < -0.3 is 13.6 Å². The Labute approximate surface area is 266 Å². The molecule has 7 nitrogen and oxygen atoms in total. The third kappa shape index (κ3) is 3.51. The van der Waals surface area contributed by atoms with Gasteiger partial charge in [-0.15, -0.1) is 0 Å². The Morgan fingerprint density at radius 3 is 1.77 bits per heavy atom. The molecule has 0 fully saturated rings. The molecule has 3 aromatic heterocycles. The number of fused-ring (bicyclic) bond motifs is 9. The van der Waals surface area contributed by atoms with E-state index in [1.54, 1.807) is 18.2 Å². The van der Waals surface area contributed by atoms with Crippen molar-refractivity contribution in [3.05, 3.63) is 131 Å². The van der Waals surface area contributed by atoms with Gasteiger partial charge in [-0.1, -0.05) is 36.4 Å². The molecule has 9 rings (SSSR count). The van der Waals surface area contributed by atoms with Gasteiger partial charge in [0.25, 0.3) is 0 Å². The van der Waals surface area contributed by atoms with Gasteiger partial charge in [0, 0.05) is 43.7 Å². The van der Waals surface area contributed by atoms with Gasteiger partial charge in [0.05, 0.1) is 50.9 Å². The summed E-state index contributed by atoms with van der Waals surface area (Å²) in [6.45, 7) is 0. The lowest BCUT2D eigenvalue weighted by molar-refractivity contribution is 0.667. The summed E-state index contributed by atoms with van der Waals surface area (Å²) in [5, 5.41) is 44.9. The topological polar surface area (TPSA) is 118 Å². The minimum atomic E-state index is 0.393. The normalized spacial score (nSPS) is 11.3. The SMILES string of the molecule is N#Cc1ccc2c(c1)c1cc(C#N)ccc1n2-c1cccc(-n2c3ccccc3c3cc4c(oc5c(C#N)cccc54)c(C#N)c32)c1. The number of benzene rings is 6. The third-order valence-corrected chi connectivity index (χ3v) is 9.02. The highest BCUT2D eigenvalue weighted by Gasteiger charge is 2.23. The van der Waals surface area contributed by atoms with Crippen molar-refractivity contribution in [1.29, 1.82) is 21.0 Å². The van der Waals surface area contributed by atoms with E-state index in [0.29, 0.717) is 33.4 Å². The highest BCUT2D eigenvalue weighted by molar-refractivity contribution is 6.20. The highest BCUT2D eigenvalue weighted by atomic mass is 16.3. The van der Waals surface area contributed by atoms with E-state index >= 15 is 0 Å². The van der Waals surface area contributed by atoms with E-state index in [9.17, 15) is 21.0 Å². The summed E-state index contributed by atoms with van der Waals surface area (Å²) < 4.78 is 10.5. The molecular weight excluding hydrogens is 580 g/mol. The van der Waals surface area contributed by atoms with Gasteiger partial charge in [-0.05, 0) is 72.8 Å². The molecule has 6 aromatic carbocycles. The van der Waals surface area contributed by atoms with Crippen LogP contribution in [0.25, 0.3) is 76.9 Å². The predicted octanol–water partition coefficient (Wildman–Crippen LogP) is 9.27. The molecule has 0 atom stereocenters. The maximum absolute atomic E-state index is 10.7. The molecule has 214 valence electrons. The van der Waals surface area contributed by atoms with Crippen LogP contribution in [-0.2, 0) is 0 Å². The molecule has 0 unspecified atom stereocenters. The third-order valence-electron chi connectivity index (χ3n) is 9.02. The maximum Gasteiger partial charge on any atom is 0.155 e. The lowest BCUT2D eigenvalue weighted by Crippen LogP contribution is -1.99. The minimum absolute atomic E-state index is 0.393. The summed E-state index contributed by atoms with van der Waals surface area (Å²) in [5.74, 6) is 0. The number of nitriles is 4. The first kappa shape index (κ1) is 26.1. The average molecular weight is 599 g/mol. The van der Waals surface area contributed by atoms with Crippen molar-refractivity contribution in [1.82, 2.24) is 9.13 Å². The number of para-hydroxylation sites is 2. The lowest BCUT2D eigenvalue weighted by Gasteiger charge is -2.13. The van der Waals surface area contributed by atoms with Crippen molar-refractivity contribution in [3.63, 3.8) is 0 Å². The Hall–Kier alpha value is -7.32. The van der Waals surface area contributed by atoms with Crippen molar-refractivity contribution in [2.24, 2.45) is 0 Å². The van der Waals surface area contributed by atoms with Crippen molar-refractivity contribution >= 4 is 65.6 Å². The first-order valence-electron chi connectivity index (χ1n) is 14.8. The van der Waals surface area contributed by atoms with Crippen molar-refractivity contribution in [2.75, 3.05) is 0 Å². The minimum Gasteiger partial charge on any atom is -0.453 e. The quantitative estimate of drug-likeness (QED) is 0.196. The van der Waals surface area contributed by atoms with Gasteiger partial charge in [-0.25, -0.2) is 0 Å². The van der Waals surface area contributed by atoms with Crippen LogP contribution in [0, 0.1) is 45.3 Å². The summed E-state index contributed by atoms with van der Waals surface area (Å²) in [5.41, 5.74) is 8.00. The summed E-state index contributed by atoms with van der Waals surface area (Å²) in [6, 6.07) is 44.0. The second kappa shape index (κ2) is 9.59. The molecule has 0 aliphatic carbocycles. The molecule has 0 spiro atoms. The van der Waals surface area contributed by atoms with Crippen LogP contribution in [0.5, 0.6) is 0 Å². The number of hydrogen-bond donors (Lipinski definition) is 0. The first-order valence-corrected chi connectivity index (χ1v) is 14.8. The van der Waals surface area contributed by atoms with Crippen LogP contribution in [0.3, 0.4) is 0 Å². The lowest BCUT2D eigenvalue weighted by atomic mass is 10.0. The van der Waals surface area contributed by atoms with Gasteiger partial charge in [0.2, 0.25) is 0 Å². The van der Waals surface area contributed by atoms with E-state index in [-0.39, 0.29) is 0 Å². The molecule has 0 bridgehead atoms. The van der Waals surface area contributed by atoms with Crippen LogP contribution in [0.1, 0.15) is 22.3 Å². The Balaban J connectivity index is 1.38. The maximum atomic E-state index is 10.7. The van der Waals surface area contributed by atoms with Gasteiger partial charge in [-0.3, -0.25) is 0 Å². The van der Waals surface area contributed by atoms with Gasteiger partial charge >= 0.3 is 0 Å². The summed E-state index contributed by atoms with van der Waals surface area (Å²) >= 11 is 0. The van der Waals surface area contributed by atoms with E-state index in [0.717, 1.165) is 65.8 Å². The van der Waals surface area contributed by atoms with Gasteiger partial charge in [-0.2, -0.15) is 21.0 Å². The average Bonchev–Trinajstić information content (AvgIpc) is 3.77. The van der Waals surface area contributed by atoms with Crippen LogP contribution in [-0.4, -0.2) is 9.13 Å². The van der Waals surface area contributed by atoms with E-state index in [1.807, 2.05) is 72.8 Å². The standard InChI is InChI=1S/C40H18N6O/c41-19-23-11-13-36-30(15-23)31-16-24(20-42)12-14-37(31)45(36)26-6-4-7-27(17-26)46-35-10-2-1-8-28(35)32-18-33-29-9-3-5-25(21-43)39(29)47-40(33)34(22-44)38(32)46/h1-18H. The fourth-order valence-electron chi connectivity index (χ4n) is 7.05. The second-order valence-corrected chi connectivity index (χ2v) is 11.4.